The summed E-state index contributed by atoms with van der Waals surface area (Å²) in [6, 6.07) is 16.2. The quantitative estimate of drug-likeness (QED) is 0.00833. The van der Waals surface area contributed by atoms with Crippen molar-refractivity contribution in [3.05, 3.63) is 177 Å². The largest absolute Gasteiger partial charge is 0.491 e. The molecular weight excluding hydrogens is 1550 g/mol. The number of anilines is 2. The second-order valence-electron chi connectivity index (χ2n) is 29.4. The summed E-state index contributed by atoms with van der Waals surface area (Å²) in [4.78, 5) is 131. The molecule has 0 radical (unpaired) electrons. The molecule has 622 valence electrons. The Balaban J connectivity index is 0.000000248. The van der Waals surface area contributed by atoms with Crippen molar-refractivity contribution in [3.63, 3.8) is 0 Å². The van der Waals surface area contributed by atoms with Gasteiger partial charge in [-0.15, -0.1) is 12.4 Å². The molecule has 6 amide bonds. The van der Waals surface area contributed by atoms with Crippen molar-refractivity contribution in [3.8, 4) is 11.5 Å². The van der Waals surface area contributed by atoms with Gasteiger partial charge >= 0.3 is 0 Å². The molecule has 0 fully saturated rings. The minimum absolute atomic E-state index is 0. The Morgan fingerprint density at radius 1 is 0.458 bits per heavy atom. The number of aryl methyl sites for hydroxylation is 8. The van der Waals surface area contributed by atoms with Crippen molar-refractivity contribution in [2.75, 3.05) is 37.1 Å². The second kappa shape index (κ2) is 37.4. The third-order valence-electron chi connectivity index (χ3n) is 19.9. The number of ether oxygens (including phenoxy) is 2. The van der Waals surface area contributed by atoms with Crippen LogP contribution in [0.25, 0.3) is 44.4 Å². The molecule has 0 atom stereocenters. The Kier molecular flexibility index (Phi) is 27.7. The lowest BCUT2D eigenvalue weighted by Crippen LogP contribution is -2.41. The van der Waals surface area contributed by atoms with Crippen LogP contribution < -0.4 is 43.0 Å². The minimum atomic E-state index is -1.98. The molecule has 12 aromatic rings. The number of hydrogen-bond donors (Lipinski definition) is 7. The Morgan fingerprint density at radius 3 is 1.14 bits per heavy atom. The van der Waals surface area contributed by atoms with Gasteiger partial charge in [-0.1, -0.05) is 45.1 Å². The number of aromatic nitrogens is 18. The van der Waals surface area contributed by atoms with Crippen molar-refractivity contribution in [1.82, 2.24) is 87.3 Å². The molecule has 11 N–H and O–H groups in total. The molecule has 0 aliphatic carbocycles. The summed E-state index contributed by atoms with van der Waals surface area (Å²) in [5, 5.41) is 32.9. The molecule has 0 aliphatic heterocycles. The van der Waals surface area contributed by atoms with Crippen LogP contribution in [0.4, 0.5) is 11.9 Å². The van der Waals surface area contributed by atoms with Crippen molar-refractivity contribution in [2.24, 2.45) is 22.9 Å². The predicted octanol–water partition coefficient (Wildman–Crippen LogP) is 8.90. The summed E-state index contributed by atoms with van der Waals surface area (Å²) in [6.45, 7) is 29.5. The highest BCUT2D eigenvalue weighted by molar-refractivity contribution is 6.74. The zero-order valence-corrected chi connectivity index (χ0v) is 70.1. The van der Waals surface area contributed by atoms with Gasteiger partial charge in [0.2, 0.25) is 35.5 Å². The Morgan fingerprint density at radius 2 is 0.797 bits per heavy atom. The number of hydrogen-bond acceptors (Lipinski definition) is 22. The van der Waals surface area contributed by atoms with Crippen LogP contribution in [0.3, 0.4) is 0 Å². The molecule has 0 bridgehead atoms. The van der Waals surface area contributed by atoms with E-state index in [1.165, 1.54) is 30.6 Å². The summed E-state index contributed by atoms with van der Waals surface area (Å²) in [6.07, 6.45) is 10.9. The van der Waals surface area contributed by atoms with Gasteiger partial charge in [0.15, 0.2) is 31.2 Å². The number of allylic oxidation sites excluding steroid dienone is 4. The predicted molar refractivity (Wildman–Crippen MR) is 447 cm³/mol. The van der Waals surface area contributed by atoms with E-state index in [2.05, 4.69) is 84.8 Å². The van der Waals surface area contributed by atoms with Crippen LogP contribution in [-0.2, 0) is 69.6 Å². The van der Waals surface area contributed by atoms with Crippen LogP contribution in [0.5, 0.6) is 11.5 Å². The van der Waals surface area contributed by atoms with E-state index in [1.54, 1.807) is 77.2 Å². The highest BCUT2D eigenvalue weighted by atomic mass is 35.5. The van der Waals surface area contributed by atoms with Gasteiger partial charge in [-0.2, -0.15) is 20.4 Å². The average Bonchev–Trinajstić information content (AvgIpc) is 1.60. The fourth-order valence-electron chi connectivity index (χ4n) is 13.1. The minimum Gasteiger partial charge on any atom is -0.491 e. The summed E-state index contributed by atoms with van der Waals surface area (Å²) >= 11 is 0. The van der Waals surface area contributed by atoms with Gasteiger partial charge in [-0.3, -0.25) is 76.9 Å². The molecule has 0 unspecified atom stereocenters. The van der Waals surface area contributed by atoms with Crippen molar-refractivity contribution in [2.45, 2.75) is 172 Å². The van der Waals surface area contributed by atoms with Crippen LogP contribution in [0.1, 0.15) is 179 Å². The zero-order chi connectivity index (χ0) is 84.5. The Hall–Kier alpha value is -12.9. The van der Waals surface area contributed by atoms with Crippen LogP contribution in [0.2, 0.25) is 18.1 Å². The van der Waals surface area contributed by atoms with Gasteiger partial charge in [-0.05, 0) is 134 Å². The fraction of sp³-hybridized carbons (Fsp3) is 0.375. The number of halogens is 1. The fourth-order valence-corrected chi connectivity index (χ4v) is 14.2. The summed E-state index contributed by atoms with van der Waals surface area (Å²) in [7, 11) is -1.98. The zero-order valence-electron chi connectivity index (χ0n) is 68.3. The summed E-state index contributed by atoms with van der Waals surface area (Å²) in [5.74, 6) is -1.96. The molecular formula is C80H99ClN24O12Si. The van der Waals surface area contributed by atoms with Gasteiger partial charge in [0.05, 0.1) is 71.0 Å². The number of carbonyl (C=O) groups excluding carboxylic acids is 8. The van der Waals surface area contributed by atoms with Crippen LogP contribution in [0.15, 0.2) is 97.4 Å². The number of aliphatic hydroxyl groups is 1. The van der Waals surface area contributed by atoms with Gasteiger partial charge in [0.1, 0.15) is 68.0 Å². The number of imidazole rings is 4. The second-order valence-corrected chi connectivity index (χ2v) is 34.2. The van der Waals surface area contributed by atoms with E-state index >= 15 is 0 Å². The standard InChI is InChI=1S/C43H56N12O6Si.C37H42N12O6.ClH/c1-10-54-32(19-26(3)50-54)34(56)24-36-47-30-21-28(38(44)57)23-35(60-17-14-18-61-62(8,9)43(5,6)7)37(30)52(36)15-12-13-16-53-40-31(22-29(25-46-40)39(45)58)48-42(53)49-41(59)33-20-27(4)51-55(33)11-2;1-5-48-27(14-21(3)44-48)29(51)19-31-41-25-16-23(33(38)52)18-30(55-13-9-12-50)32(25)46(31)10-7-8-11-47-35-26(17-24(20-40-35)34(39)53)42-37(47)43-36(54)28-15-22(4)45-49(28)6-2;/h12-13,19-23,25H,10-11,14-18,24H2,1-9H3,(H2,44,57)(H2,45,58)(H,48,49,59);7-8,14-18,20,50H,5-6,9-13,19H2,1-4H3,(H2,38,52)(H2,39,53)(H,42,43,54);1H/b13-12+;8-7+;. The molecule has 0 saturated carbocycles. The van der Waals surface area contributed by atoms with Crippen molar-refractivity contribution < 1.29 is 57.4 Å². The molecule has 0 saturated heterocycles. The lowest BCUT2D eigenvalue weighted by atomic mass is 10.1. The van der Waals surface area contributed by atoms with Crippen LogP contribution in [0, 0.1) is 27.7 Å². The van der Waals surface area contributed by atoms with Crippen LogP contribution in [-0.4, -0.2) is 174 Å². The summed E-state index contributed by atoms with van der Waals surface area (Å²) in [5.41, 5.74) is 31.1. The number of Topliss-reactive ketones (excluding diaryl/α,β-unsaturated/α-hetero) is 2. The van der Waals surface area contributed by atoms with Crippen molar-refractivity contribution >= 4 is 124 Å². The molecule has 12 rings (SSSR count). The topological polar surface area (TPSA) is 481 Å². The molecule has 0 spiro atoms. The number of aliphatic hydroxyl groups excluding tert-OH is 1. The van der Waals surface area contributed by atoms with Gasteiger partial charge in [-0.25, -0.2) is 29.9 Å². The first-order valence-corrected chi connectivity index (χ1v) is 41.3. The number of nitrogens with zero attached hydrogens (tertiary/aromatic N) is 18. The molecule has 2 aromatic carbocycles. The van der Waals surface area contributed by atoms with E-state index in [4.69, 9.17) is 46.8 Å². The smallest absolute Gasteiger partial charge is 0.276 e. The molecule has 38 heteroatoms. The first-order chi connectivity index (χ1) is 55.7. The number of fused-ring (bicyclic) bond motifs is 4. The van der Waals surface area contributed by atoms with E-state index in [0.29, 0.717) is 160 Å². The number of amides is 6. The van der Waals surface area contributed by atoms with E-state index in [0.717, 1.165) is 5.69 Å². The Labute approximate surface area is 685 Å². The highest BCUT2D eigenvalue weighted by Gasteiger charge is 2.37. The number of rotatable bonds is 36. The first kappa shape index (κ1) is 87.5. The van der Waals surface area contributed by atoms with Crippen LogP contribution >= 0.6 is 12.4 Å². The number of benzene rings is 2. The number of pyridine rings is 2. The number of nitrogens with one attached hydrogen (secondary N) is 2. The molecule has 118 heavy (non-hydrogen) atoms. The number of ketones is 2. The SMILES string of the molecule is CCn1nc(C)cc1C(=O)Cc1nc2cc(C(N)=O)cc(OCCCO)c2n1C/C=C/Cn1c(NC(=O)c2cc(C)nn2CC)nc2cc(C(N)=O)cnc21.CCn1nc(C)cc1C(=O)Cc1nc2cc(C(N)=O)cc(OCCCO[Si](C)(C)C(C)(C)C)c2n1C/C=C/Cn1c(NC(=O)c2cc(C)nn2CC)nc2cc(C(N)=O)cnc21.Cl. The van der Waals surface area contributed by atoms with E-state index in [9.17, 15) is 43.5 Å². The van der Waals surface area contributed by atoms with E-state index in [1.807, 2.05) is 81.9 Å². The number of carbonyl (C=O) groups is 8. The lowest BCUT2D eigenvalue weighted by molar-refractivity contribution is 0.0971. The normalized spacial score (nSPS) is 11.8. The molecule has 0 aliphatic rings. The molecule has 36 nitrogen and oxygen atoms in total. The maximum Gasteiger partial charge on any atom is 0.276 e. The molecule has 10 heterocycles. The maximum atomic E-state index is 13.9. The first-order valence-electron chi connectivity index (χ1n) is 38.4. The van der Waals surface area contributed by atoms with E-state index < -0.39 is 43.8 Å². The van der Waals surface area contributed by atoms with Gasteiger partial charge in [0, 0.05) is 102 Å². The number of primary amides is 4. The van der Waals surface area contributed by atoms with Crippen molar-refractivity contribution in [1.29, 1.82) is 0 Å². The lowest BCUT2D eigenvalue weighted by Gasteiger charge is -2.36. The highest BCUT2D eigenvalue weighted by Crippen LogP contribution is 2.37. The third-order valence-corrected chi connectivity index (χ3v) is 24.4. The molecule has 10 aromatic heterocycles. The third kappa shape index (κ3) is 19.6. The van der Waals surface area contributed by atoms with Gasteiger partial charge in [0.25, 0.3) is 11.8 Å². The summed E-state index contributed by atoms with van der Waals surface area (Å²) < 4.78 is 32.4. The maximum absolute atomic E-state index is 13.9. The average molecular weight is 1650 g/mol. The van der Waals surface area contributed by atoms with E-state index in [-0.39, 0.29) is 115 Å². The number of nitrogens with two attached hydrogens (primary N) is 4. The monoisotopic (exact) mass is 1650 g/mol. The van der Waals surface area contributed by atoms with Gasteiger partial charge < -0.3 is 51.1 Å². The Bertz CT molecular complexity index is 5880.